The lowest BCUT2D eigenvalue weighted by Crippen LogP contribution is -2.35. The summed E-state index contributed by atoms with van der Waals surface area (Å²) >= 11 is 3.26. The van der Waals surface area contributed by atoms with E-state index in [2.05, 4.69) is 21.2 Å². The third-order valence-corrected chi connectivity index (χ3v) is 2.65. The summed E-state index contributed by atoms with van der Waals surface area (Å²) in [6.45, 7) is 1.96. The molecule has 0 bridgehead atoms. The zero-order valence-corrected chi connectivity index (χ0v) is 10.6. The van der Waals surface area contributed by atoms with Gasteiger partial charge in [0.05, 0.1) is 11.7 Å². The molecular weight excluding hydrogens is 272 g/mol. The summed E-state index contributed by atoms with van der Waals surface area (Å²) in [4.78, 5) is 11.6. The number of hydrogen-bond acceptors (Lipinski definition) is 3. The standard InChI is InChI=1S/C11H15BrN2O2/c1-2-3-8(13)11(16)14-9-6-7(12)4-5-10(9)15/h4-6,8,15H,2-3,13H2,1H3,(H,14,16). The Balaban J connectivity index is 2.72. The fourth-order valence-electron chi connectivity index (χ4n) is 1.28. The number of carbonyl (C=O) groups is 1. The van der Waals surface area contributed by atoms with Gasteiger partial charge in [0.2, 0.25) is 5.91 Å². The van der Waals surface area contributed by atoms with Crippen LogP contribution < -0.4 is 11.1 Å². The first-order valence-electron chi connectivity index (χ1n) is 5.09. The summed E-state index contributed by atoms with van der Waals surface area (Å²) in [5.74, 6) is -0.254. The van der Waals surface area contributed by atoms with Crippen LogP contribution in [-0.4, -0.2) is 17.1 Å². The summed E-state index contributed by atoms with van der Waals surface area (Å²) in [5.41, 5.74) is 6.02. The number of hydrogen-bond donors (Lipinski definition) is 3. The lowest BCUT2D eigenvalue weighted by atomic mass is 10.1. The Morgan fingerprint density at radius 3 is 2.94 bits per heavy atom. The number of phenolic OH excluding ortho intramolecular Hbond substituents is 1. The average Bonchev–Trinajstić information content (AvgIpc) is 2.23. The van der Waals surface area contributed by atoms with Crippen molar-refractivity contribution in [2.45, 2.75) is 25.8 Å². The fraction of sp³-hybridized carbons (Fsp3) is 0.364. The molecular formula is C11H15BrN2O2. The van der Waals surface area contributed by atoms with E-state index in [-0.39, 0.29) is 11.7 Å². The number of aromatic hydroxyl groups is 1. The maximum absolute atomic E-state index is 11.6. The number of amides is 1. The molecule has 4 nitrogen and oxygen atoms in total. The minimum absolute atomic E-state index is 0.0280. The van der Waals surface area contributed by atoms with E-state index < -0.39 is 6.04 Å². The lowest BCUT2D eigenvalue weighted by Gasteiger charge is -2.12. The van der Waals surface area contributed by atoms with Crippen LogP contribution >= 0.6 is 15.9 Å². The van der Waals surface area contributed by atoms with E-state index in [1.165, 1.54) is 6.07 Å². The normalized spacial score (nSPS) is 12.2. The van der Waals surface area contributed by atoms with E-state index in [0.717, 1.165) is 10.9 Å². The van der Waals surface area contributed by atoms with Gasteiger partial charge in [0.1, 0.15) is 5.75 Å². The molecule has 5 heteroatoms. The summed E-state index contributed by atoms with van der Waals surface area (Å²) in [6, 6.07) is 4.29. The molecule has 1 amide bonds. The monoisotopic (exact) mass is 286 g/mol. The molecule has 0 radical (unpaired) electrons. The van der Waals surface area contributed by atoms with Gasteiger partial charge >= 0.3 is 0 Å². The van der Waals surface area contributed by atoms with Crippen molar-refractivity contribution in [2.24, 2.45) is 5.73 Å². The Morgan fingerprint density at radius 1 is 1.62 bits per heavy atom. The molecule has 1 aromatic rings. The van der Waals surface area contributed by atoms with Crippen molar-refractivity contribution in [1.29, 1.82) is 0 Å². The third kappa shape index (κ3) is 3.50. The number of rotatable bonds is 4. The summed E-state index contributed by atoms with van der Waals surface area (Å²) in [7, 11) is 0. The molecule has 0 fully saturated rings. The predicted molar refractivity (Wildman–Crippen MR) is 67.3 cm³/mol. The van der Waals surface area contributed by atoms with Gasteiger partial charge < -0.3 is 16.2 Å². The van der Waals surface area contributed by atoms with Crippen molar-refractivity contribution in [3.8, 4) is 5.75 Å². The van der Waals surface area contributed by atoms with E-state index in [9.17, 15) is 9.90 Å². The first-order valence-corrected chi connectivity index (χ1v) is 5.89. The van der Waals surface area contributed by atoms with Gasteiger partial charge in [-0.2, -0.15) is 0 Å². The smallest absolute Gasteiger partial charge is 0.241 e. The third-order valence-electron chi connectivity index (χ3n) is 2.15. The predicted octanol–water partition coefficient (Wildman–Crippen LogP) is 2.22. The highest BCUT2D eigenvalue weighted by Crippen LogP contribution is 2.26. The number of phenols is 1. The second-order valence-corrected chi connectivity index (χ2v) is 4.46. The molecule has 0 aliphatic carbocycles. The van der Waals surface area contributed by atoms with E-state index in [0.29, 0.717) is 12.1 Å². The molecule has 0 aromatic heterocycles. The van der Waals surface area contributed by atoms with E-state index in [1.54, 1.807) is 12.1 Å². The van der Waals surface area contributed by atoms with E-state index in [4.69, 9.17) is 5.73 Å². The average molecular weight is 287 g/mol. The van der Waals surface area contributed by atoms with Gasteiger partial charge in [0.15, 0.2) is 0 Å². The van der Waals surface area contributed by atoms with Crippen LogP contribution in [0.1, 0.15) is 19.8 Å². The van der Waals surface area contributed by atoms with Gasteiger partial charge in [0, 0.05) is 4.47 Å². The van der Waals surface area contributed by atoms with Gasteiger partial charge in [-0.1, -0.05) is 29.3 Å². The van der Waals surface area contributed by atoms with Crippen LogP contribution in [-0.2, 0) is 4.79 Å². The maximum Gasteiger partial charge on any atom is 0.241 e. The maximum atomic E-state index is 11.6. The van der Waals surface area contributed by atoms with Crippen LogP contribution in [0.3, 0.4) is 0 Å². The van der Waals surface area contributed by atoms with Crippen LogP contribution in [0.4, 0.5) is 5.69 Å². The Bertz CT molecular complexity index is 382. The topological polar surface area (TPSA) is 75.4 Å². The van der Waals surface area contributed by atoms with Crippen molar-refractivity contribution in [2.75, 3.05) is 5.32 Å². The molecule has 0 saturated heterocycles. The molecule has 88 valence electrons. The highest BCUT2D eigenvalue weighted by molar-refractivity contribution is 9.10. The lowest BCUT2D eigenvalue weighted by molar-refractivity contribution is -0.117. The summed E-state index contributed by atoms with van der Waals surface area (Å²) < 4.78 is 0.782. The Morgan fingerprint density at radius 2 is 2.31 bits per heavy atom. The number of carbonyl (C=O) groups excluding carboxylic acids is 1. The number of anilines is 1. The minimum atomic E-state index is -0.539. The van der Waals surface area contributed by atoms with E-state index >= 15 is 0 Å². The quantitative estimate of drug-likeness (QED) is 0.743. The molecule has 4 N–H and O–H groups in total. The first-order chi connectivity index (χ1) is 7.54. The number of nitrogens with two attached hydrogens (primary N) is 1. The molecule has 1 aromatic carbocycles. The van der Waals surface area contributed by atoms with Crippen LogP contribution in [0.15, 0.2) is 22.7 Å². The fourth-order valence-corrected chi connectivity index (χ4v) is 1.64. The van der Waals surface area contributed by atoms with Gasteiger partial charge in [-0.25, -0.2) is 0 Å². The number of benzene rings is 1. The highest BCUT2D eigenvalue weighted by Gasteiger charge is 2.14. The van der Waals surface area contributed by atoms with Crippen molar-refractivity contribution in [3.63, 3.8) is 0 Å². The molecule has 0 saturated carbocycles. The van der Waals surface area contributed by atoms with Gasteiger partial charge in [-0.05, 0) is 24.6 Å². The van der Waals surface area contributed by atoms with Crippen molar-refractivity contribution in [3.05, 3.63) is 22.7 Å². The Hall–Kier alpha value is -1.07. The van der Waals surface area contributed by atoms with Gasteiger partial charge in [0.25, 0.3) is 0 Å². The zero-order chi connectivity index (χ0) is 12.1. The molecule has 16 heavy (non-hydrogen) atoms. The van der Waals surface area contributed by atoms with Gasteiger partial charge in [-0.3, -0.25) is 4.79 Å². The second kappa shape index (κ2) is 5.86. The minimum Gasteiger partial charge on any atom is -0.506 e. The highest BCUT2D eigenvalue weighted by atomic mass is 79.9. The SMILES string of the molecule is CCCC(N)C(=O)Nc1cc(Br)ccc1O. The molecule has 0 aliphatic heterocycles. The first kappa shape index (κ1) is 13.0. The van der Waals surface area contributed by atoms with Crippen LogP contribution in [0.5, 0.6) is 5.75 Å². The van der Waals surface area contributed by atoms with Crippen molar-refractivity contribution in [1.82, 2.24) is 0 Å². The van der Waals surface area contributed by atoms with E-state index in [1.807, 2.05) is 6.92 Å². The van der Waals surface area contributed by atoms with Crippen LogP contribution in [0.2, 0.25) is 0 Å². The summed E-state index contributed by atoms with van der Waals surface area (Å²) in [5, 5.41) is 12.1. The molecule has 0 heterocycles. The summed E-state index contributed by atoms with van der Waals surface area (Å²) in [6.07, 6.45) is 1.47. The largest absolute Gasteiger partial charge is 0.506 e. The Labute approximate surface area is 103 Å². The molecule has 0 aliphatic rings. The molecule has 1 unspecified atom stereocenters. The number of nitrogens with one attached hydrogen (secondary N) is 1. The van der Waals surface area contributed by atoms with Crippen LogP contribution in [0, 0.1) is 0 Å². The van der Waals surface area contributed by atoms with Gasteiger partial charge in [-0.15, -0.1) is 0 Å². The molecule has 1 rings (SSSR count). The Kier molecular flexibility index (Phi) is 4.76. The molecule has 1 atom stereocenters. The molecule has 0 spiro atoms. The van der Waals surface area contributed by atoms with Crippen LogP contribution in [0.25, 0.3) is 0 Å². The zero-order valence-electron chi connectivity index (χ0n) is 9.03. The second-order valence-electron chi connectivity index (χ2n) is 3.55. The van der Waals surface area contributed by atoms with Crippen molar-refractivity contribution >= 4 is 27.5 Å². The van der Waals surface area contributed by atoms with Crippen molar-refractivity contribution < 1.29 is 9.90 Å². The number of halogens is 1.